The smallest absolute Gasteiger partial charge is 0.0378 e. The highest BCUT2D eigenvalue weighted by molar-refractivity contribution is 9.10. The minimum absolute atomic E-state index is 0.415. The van der Waals surface area contributed by atoms with Crippen LogP contribution in [-0.2, 0) is 6.54 Å². The zero-order chi connectivity index (χ0) is 13.9. The molecule has 0 radical (unpaired) electrons. The number of nitrogens with one attached hydrogen (secondary N) is 1. The highest BCUT2D eigenvalue weighted by atomic mass is 79.9. The maximum atomic E-state index is 3.68. The minimum atomic E-state index is 0.415. The summed E-state index contributed by atoms with van der Waals surface area (Å²) in [7, 11) is 1.98. The second kappa shape index (κ2) is 6.51. The fraction of sp³-hybridized carbons (Fsp3) is 0.600. The molecule has 4 heteroatoms. The number of nitrogens with zero attached hydrogens (tertiary/aromatic N) is 1. The van der Waals surface area contributed by atoms with Crippen molar-refractivity contribution in [2.45, 2.75) is 31.6 Å². The predicted octanol–water partition coefficient (Wildman–Crippen LogP) is 3.89. The van der Waals surface area contributed by atoms with Crippen LogP contribution in [-0.4, -0.2) is 30.6 Å². The Hall–Kier alpha value is -0.190. The van der Waals surface area contributed by atoms with E-state index in [0.717, 1.165) is 19.6 Å². The second-order valence-corrected chi connectivity index (χ2v) is 8.31. The first kappa shape index (κ1) is 15.2. The lowest BCUT2D eigenvalue weighted by Gasteiger charge is -2.24. The van der Waals surface area contributed by atoms with Gasteiger partial charge < -0.3 is 10.2 Å². The molecule has 0 aliphatic carbocycles. The molecule has 0 bridgehead atoms. The van der Waals surface area contributed by atoms with E-state index in [9.17, 15) is 0 Å². The number of halogens is 1. The van der Waals surface area contributed by atoms with E-state index < -0.39 is 0 Å². The van der Waals surface area contributed by atoms with Gasteiger partial charge in [-0.1, -0.05) is 35.8 Å². The molecule has 0 spiro atoms. The average molecular weight is 343 g/mol. The molecule has 1 saturated heterocycles. The molecule has 1 aliphatic heterocycles. The summed E-state index contributed by atoms with van der Waals surface area (Å²) in [5, 5.41) is 3.20. The molecule has 19 heavy (non-hydrogen) atoms. The van der Waals surface area contributed by atoms with Gasteiger partial charge in [-0.05, 0) is 31.2 Å². The Morgan fingerprint density at radius 1 is 1.37 bits per heavy atom. The minimum Gasteiger partial charge on any atom is -0.371 e. The van der Waals surface area contributed by atoms with Crippen LogP contribution in [0.25, 0.3) is 0 Å². The maximum absolute atomic E-state index is 3.68. The summed E-state index contributed by atoms with van der Waals surface area (Å²) in [5.74, 6) is 1.21. The van der Waals surface area contributed by atoms with Crippen molar-refractivity contribution in [1.29, 1.82) is 0 Å². The van der Waals surface area contributed by atoms with Gasteiger partial charge >= 0.3 is 0 Å². The molecule has 1 heterocycles. The number of hydrogen-bond donors (Lipinski definition) is 1. The van der Waals surface area contributed by atoms with Crippen molar-refractivity contribution in [3.05, 3.63) is 28.2 Å². The number of thioether (sulfide) groups is 1. The average Bonchev–Trinajstić information content (AvgIpc) is 2.53. The van der Waals surface area contributed by atoms with Crippen LogP contribution in [0.15, 0.2) is 22.7 Å². The van der Waals surface area contributed by atoms with Gasteiger partial charge in [0.25, 0.3) is 0 Å². The summed E-state index contributed by atoms with van der Waals surface area (Å²) in [5.41, 5.74) is 2.65. The standard InChI is InChI=1S/C15H23BrN2S/c1-15(2)6-7-18(8-9-19-15)13-5-4-12(11-17-3)14(16)10-13/h4-5,10,17H,6-9,11H2,1-3H3. The van der Waals surface area contributed by atoms with Crippen molar-refractivity contribution < 1.29 is 0 Å². The summed E-state index contributed by atoms with van der Waals surface area (Å²) < 4.78 is 1.62. The first-order chi connectivity index (χ1) is 9.02. The van der Waals surface area contributed by atoms with Gasteiger partial charge in [-0.2, -0.15) is 11.8 Å². The van der Waals surface area contributed by atoms with Crippen molar-refractivity contribution in [2.75, 3.05) is 30.8 Å². The van der Waals surface area contributed by atoms with Crippen LogP contribution in [0.4, 0.5) is 5.69 Å². The monoisotopic (exact) mass is 342 g/mol. The lowest BCUT2D eigenvalue weighted by molar-refractivity contribution is 0.637. The van der Waals surface area contributed by atoms with Crippen molar-refractivity contribution in [2.24, 2.45) is 0 Å². The van der Waals surface area contributed by atoms with E-state index in [1.807, 2.05) is 7.05 Å². The molecule has 0 saturated carbocycles. The summed E-state index contributed by atoms with van der Waals surface area (Å²) in [4.78, 5) is 2.51. The molecule has 2 nitrogen and oxygen atoms in total. The summed E-state index contributed by atoms with van der Waals surface area (Å²) in [6, 6.07) is 6.73. The van der Waals surface area contributed by atoms with E-state index >= 15 is 0 Å². The highest BCUT2D eigenvalue weighted by Gasteiger charge is 2.23. The van der Waals surface area contributed by atoms with Gasteiger partial charge in [0.15, 0.2) is 0 Å². The summed E-state index contributed by atoms with van der Waals surface area (Å²) >= 11 is 5.78. The fourth-order valence-electron chi connectivity index (χ4n) is 2.35. The topological polar surface area (TPSA) is 15.3 Å². The molecule has 1 N–H and O–H groups in total. The predicted molar refractivity (Wildman–Crippen MR) is 90.3 cm³/mol. The first-order valence-corrected chi connectivity index (χ1v) is 8.62. The van der Waals surface area contributed by atoms with Gasteiger partial charge in [-0.25, -0.2) is 0 Å². The Kier molecular flexibility index (Phi) is 5.21. The molecular formula is C15H23BrN2S. The summed E-state index contributed by atoms with van der Waals surface area (Å²) in [6.07, 6.45) is 1.24. The highest BCUT2D eigenvalue weighted by Crippen LogP contribution is 2.33. The molecule has 1 aromatic rings. The third-order valence-electron chi connectivity index (χ3n) is 3.61. The van der Waals surface area contributed by atoms with Crippen LogP contribution < -0.4 is 10.2 Å². The quantitative estimate of drug-likeness (QED) is 0.896. The van der Waals surface area contributed by atoms with Gasteiger partial charge in [-0.3, -0.25) is 0 Å². The fourth-order valence-corrected chi connectivity index (χ4v) is 3.95. The molecule has 106 valence electrons. The van der Waals surface area contributed by atoms with E-state index in [2.05, 4.69) is 70.0 Å². The molecule has 1 aromatic carbocycles. The molecule has 0 atom stereocenters. The lowest BCUT2D eigenvalue weighted by atomic mass is 10.1. The van der Waals surface area contributed by atoms with E-state index in [1.54, 1.807) is 0 Å². The van der Waals surface area contributed by atoms with Gasteiger partial charge in [0.05, 0.1) is 0 Å². The molecule has 0 amide bonds. The van der Waals surface area contributed by atoms with Gasteiger partial charge in [0.2, 0.25) is 0 Å². The van der Waals surface area contributed by atoms with Crippen LogP contribution >= 0.6 is 27.7 Å². The van der Waals surface area contributed by atoms with Crippen LogP contribution in [0.5, 0.6) is 0 Å². The van der Waals surface area contributed by atoms with Crippen LogP contribution in [0, 0.1) is 0 Å². The van der Waals surface area contributed by atoms with E-state index in [0.29, 0.717) is 4.75 Å². The first-order valence-electron chi connectivity index (χ1n) is 6.84. The third kappa shape index (κ3) is 4.14. The number of benzene rings is 1. The summed E-state index contributed by atoms with van der Waals surface area (Å²) in [6.45, 7) is 7.91. The van der Waals surface area contributed by atoms with Crippen molar-refractivity contribution >= 4 is 33.4 Å². The van der Waals surface area contributed by atoms with Crippen LogP contribution in [0.1, 0.15) is 25.8 Å². The van der Waals surface area contributed by atoms with E-state index in [4.69, 9.17) is 0 Å². The van der Waals surface area contributed by atoms with Crippen LogP contribution in [0.2, 0.25) is 0 Å². The molecule has 0 aromatic heterocycles. The van der Waals surface area contributed by atoms with Gasteiger partial charge in [0.1, 0.15) is 0 Å². The lowest BCUT2D eigenvalue weighted by Crippen LogP contribution is -2.26. The van der Waals surface area contributed by atoms with Crippen molar-refractivity contribution in [3.63, 3.8) is 0 Å². The number of hydrogen-bond acceptors (Lipinski definition) is 3. The largest absolute Gasteiger partial charge is 0.371 e. The zero-order valence-electron chi connectivity index (χ0n) is 12.0. The molecular weight excluding hydrogens is 320 g/mol. The molecule has 1 aliphatic rings. The number of anilines is 1. The Labute approximate surface area is 129 Å². The number of rotatable bonds is 3. The van der Waals surface area contributed by atoms with Crippen LogP contribution in [0.3, 0.4) is 0 Å². The van der Waals surface area contributed by atoms with Gasteiger partial charge in [0, 0.05) is 40.3 Å². The molecule has 1 fully saturated rings. The van der Waals surface area contributed by atoms with Gasteiger partial charge in [-0.15, -0.1) is 0 Å². The van der Waals surface area contributed by atoms with E-state index in [1.165, 1.54) is 27.9 Å². The second-order valence-electron chi connectivity index (χ2n) is 5.65. The zero-order valence-corrected chi connectivity index (χ0v) is 14.4. The Morgan fingerprint density at radius 2 is 2.16 bits per heavy atom. The Balaban J connectivity index is 2.11. The normalized spacial score (nSPS) is 19.3. The Bertz CT molecular complexity index is 434. The molecule has 0 unspecified atom stereocenters. The molecule has 2 rings (SSSR count). The van der Waals surface area contributed by atoms with E-state index in [-0.39, 0.29) is 0 Å². The Morgan fingerprint density at radius 3 is 2.84 bits per heavy atom. The third-order valence-corrected chi connectivity index (χ3v) is 5.72. The van der Waals surface area contributed by atoms with Crippen molar-refractivity contribution in [3.8, 4) is 0 Å². The maximum Gasteiger partial charge on any atom is 0.0378 e. The SMILES string of the molecule is CNCc1ccc(N2CCSC(C)(C)CC2)cc1Br. The van der Waals surface area contributed by atoms with Crippen molar-refractivity contribution in [1.82, 2.24) is 5.32 Å².